The van der Waals surface area contributed by atoms with E-state index in [4.69, 9.17) is 9.84 Å². The van der Waals surface area contributed by atoms with Gasteiger partial charge in [-0.15, -0.1) is 0 Å². The lowest BCUT2D eigenvalue weighted by Crippen LogP contribution is -1.89. The predicted octanol–water partition coefficient (Wildman–Crippen LogP) is 4.76. The van der Waals surface area contributed by atoms with Gasteiger partial charge in [-0.25, -0.2) is 0 Å². The van der Waals surface area contributed by atoms with E-state index >= 15 is 0 Å². The van der Waals surface area contributed by atoms with Gasteiger partial charge in [0.2, 0.25) is 0 Å². The van der Waals surface area contributed by atoms with Crippen LogP contribution < -0.4 is 4.74 Å². The molecule has 1 rings (SSSR count). The minimum absolute atomic E-state index is 0.167. The summed E-state index contributed by atoms with van der Waals surface area (Å²) in [5.41, 5.74) is 2.63. The summed E-state index contributed by atoms with van der Waals surface area (Å²) in [5, 5.41) is 8.55. The molecular formula is C18H28O2. The Bertz CT molecular complexity index is 387. The highest BCUT2D eigenvalue weighted by atomic mass is 16.5. The zero-order chi connectivity index (χ0) is 15.2. The number of benzene rings is 1. The summed E-state index contributed by atoms with van der Waals surface area (Å²) < 4.78 is 5.21. The molecule has 2 heteroatoms. The first-order chi connectivity index (χ1) is 9.60. The molecule has 0 saturated carbocycles. The SMILES string of the molecule is CC(C)=CCCC(C)=CCO.CCOc1ccccc1. The van der Waals surface area contributed by atoms with E-state index in [1.807, 2.05) is 43.3 Å². The average molecular weight is 276 g/mol. The summed E-state index contributed by atoms with van der Waals surface area (Å²) in [7, 11) is 0. The van der Waals surface area contributed by atoms with Gasteiger partial charge in [-0.3, -0.25) is 0 Å². The summed E-state index contributed by atoms with van der Waals surface area (Å²) in [6, 6.07) is 9.80. The van der Waals surface area contributed by atoms with Crippen LogP contribution in [0.25, 0.3) is 0 Å². The Kier molecular flexibility index (Phi) is 11.5. The van der Waals surface area contributed by atoms with Crippen molar-refractivity contribution in [1.29, 1.82) is 0 Å². The van der Waals surface area contributed by atoms with Gasteiger partial charge >= 0.3 is 0 Å². The van der Waals surface area contributed by atoms with Gasteiger partial charge in [0.1, 0.15) is 5.75 Å². The van der Waals surface area contributed by atoms with Crippen molar-refractivity contribution in [3.63, 3.8) is 0 Å². The van der Waals surface area contributed by atoms with E-state index in [0.29, 0.717) is 0 Å². The third-order valence-corrected chi connectivity index (χ3v) is 2.59. The zero-order valence-corrected chi connectivity index (χ0v) is 13.2. The summed E-state index contributed by atoms with van der Waals surface area (Å²) in [6.45, 7) is 9.14. The molecule has 0 amide bonds. The summed E-state index contributed by atoms with van der Waals surface area (Å²) in [4.78, 5) is 0. The number of rotatable bonds is 6. The van der Waals surface area contributed by atoms with E-state index in [-0.39, 0.29) is 6.61 Å². The van der Waals surface area contributed by atoms with Crippen molar-refractivity contribution in [1.82, 2.24) is 0 Å². The molecule has 0 radical (unpaired) electrons. The van der Waals surface area contributed by atoms with Gasteiger partial charge in [-0.05, 0) is 52.7 Å². The van der Waals surface area contributed by atoms with Crippen LogP contribution in [-0.2, 0) is 0 Å². The van der Waals surface area contributed by atoms with Crippen LogP contribution in [0.15, 0.2) is 53.6 Å². The molecule has 0 aromatic heterocycles. The molecule has 0 bridgehead atoms. The number of hydrogen-bond donors (Lipinski definition) is 1. The van der Waals surface area contributed by atoms with Gasteiger partial charge in [0.05, 0.1) is 13.2 Å². The maximum Gasteiger partial charge on any atom is 0.119 e. The molecule has 0 aliphatic rings. The quantitative estimate of drug-likeness (QED) is 0.759. The molecular weight excluding hydrogens is 248 g/mol. The van der Waals surface area contributed by atoms with Crippen LogP contribution in [-0.4, -0.2) is 18.3 Å². The van der Waals surface area contributed by atoms with Crippen LogP contribution in [0.1, 0.15) is 40.5 Å². The Hall–Kier alpha value is -1.54. The molecule has 0 atom stereocenters. The summed E-state index contributed by atoms with van der Waals surface area (Å²) in [5.74, 6) is 0.944. The van der Waals surface area contributed by atoms with Gasteiger partial charge < -0.3 is 9.84 Å². The van der Waals surface area contributed by atoms with Crippen LogP contribution in [0.2, 0.25) is 0 Å². The Morgan fingerprint density at radius 2 is 1.75 bits per heavy atom. The van der Waals surface area contributed by atoms with Crippen molar-refractivity contribution in [3.05, 3.63) is 53.6 Å². The molecule has 0 aliphatic carbocycles. The fraction of sp³-hybridized carbons (Fsp3) is 0.444. The summed E-state index contributed by atoms with van der Waals surface area (Å²) in [6.07, 6.45) is 6.23. The van der Waals surface area contributed by atoms with Gasteiger partial charge in [-0.1, -0.05) is 41.5 Å². The molecule has 20 heavy (non-hydrogen) atoms. The van der Waals surface area contributed by atoms with Crippen molar-refractivity contribution >= 4 is 0 Å². The molecule has 0 saturated heterocycles. The maximum atomic E-state index is 8.55. The number of para-hydroxylation sites is 1. The van der Waals surface area contributed by atoms with Crippen LogP contribution in [0.3, 0.4) is 0 Å². The molecule has 1 aromatic carbocycles. The van der Waals surface area contributed by atoms with E-state index < -0.39 is 0 Å². The monoisotopic (exact) mass is 276 g/mol. The Labute approximate surface area is 123 Å². The van der Waals surface area contributed by atoms with Crippen LogP contribution in [0.5, 0.6) is 5.75 Å². The molecule has 0 unspecified atom stereocenters. The van der Waals surface area contributed by atoms with Crippen LogP contribution in [0, 0.1) is 0 Å². The molecule has 0 fully saturated rings. The third-order valence-electron chi connectivity index (χ3n) is 2.59. The largest absolute Gasteiger partial charge is 0.494 e. The molecule has 1 aromatic rings. The second kappa shape index (κ2) is 12.5. The van der Waals surface area contributed by atoms with E-state index in [1.165, 1.54) is 11.1 Å². The highest BCUT2D eigenvalue weighted by molar-refractivity contribution is 5.20. The molecule has 1 N–H and O–H groups in total. The molecule has 0 heterocycles. The van der Waals surface area contributed by atoms with Gasteiger partial charge in [0, 0.05) is 0 Å². The van der Waals surface area contributed by atoms with E-state index in [2.05, 4.69) is 26.8 Å². The van der Waals surface area contributed by atoms with Crippen molar-refractivity contribution in [2.75, 3.05) is 13.2 Å². The highest BCUT2D eigenvalue weighted by Gasteiger charge is 1.86. The third kappa shape index (κ3) is 11.5. The number of ether oxygens (including phenoxy) is 1. The topological polar surface area (TPSA) is 29.5 Å². The Balaban J connectivity index is 0.000000367. The summed E-state index contributed by atoms with van der Waals surface area (Å²) >= 11 is 0. The maximum absolute atomic E-state index is 8.55. The standard InChI is InChI=1S/C10H18O.C8H10O/c1-9(2)5-4-6-10(3)7-8-11;1-2-9-8-6-4-3-5-7-8/h5,7,11H,4,6,8H2,1-3H3;3-7H,2H2,1H3. The Morgan fingerprint density at radius 1 is 1.10 bits per heavy atom. The van der Waals surface area contributed by atoms with Gasteiger partial charge in [0.15, 0.2) is 0 Å². The fourth-order valence-corrected chi connectivity index (χ4v) is 1.53. The molecule has 0 aliphatic heterocycles. The molecule has 112 valence electrons. The lowest BCUT2D eigenvalue weighted by Gasteiger charge is -1.99. The lowest BCUT2D eigenvalue weighted by atomic mass is 10.1. The second-order valence-electron chi connectivity index (χ2n) is 4.80. The van der Waals surface area contributed by atoms with Gasteiger partial charge in [0.25, 0.3) is 0 Å². The van der Waals surface area contributed by atoms with Crippen LogP contribution in [0.4, 0.5) is 0 Å². The van der Waals surface area contributed by atoms with Crippen LogP contribution >= 0.6 is 0 Å². The molecule has 2 nitrogen and oxygen atoms in total. The minimum Gasteiger partial charge on any atom is -0.494 e. The molecule has 0 spiro atoms. The number of aliphatic hydroxyl groups is 1. The lowest BCUT2D eigenvalue weighted by molar-refractivity contribution is 0.340. The van der Waals surface area contributed by atoms with Crippen molar-refractivity contribution in [3.8, 4) is 5.75 Å². The second-order valence-corrected chi connectivity index (χ2v) is 4.80. The smallest absolute Gasteiger partial charge is 0.119 e. The first kappa shape index (κ1) is 18.5. The number of aliphatic hydroxyl groups excluding tert-OH is 1. The van der Waals surface area contributed by atoms with E-state index in [0.717, 1.165) is 25.2 Å². The fourth-order valence-electron chi connectivity index (χ4n) is 1.53. The normalized spacial score (nSPS) is 10.3. The number of hydrogen-bond acceptors (Lipinski definition) is 2. The highest BCUT2D eigenvalue weighted by Crippen LogP contribution is 2.07. The minimum atomic E-state index is 0.167. The van der Waals surface area contributed by atoms with E-state index in [1.54, 1.807) is 0 Å². The first-order valence-corrected chi connectivity index (χ1v) is 7.17. The van der Waals surface area contributed by atoms with Gasteiger partial charge in [-0.2, -0.15) is 0 Å². The first-order valence-electron chi connectivity index (χ1n) is 7.17. The number of allylic oxidation sites excluding steroid dienone is 3. The van der Waals surface area contributed by atoms with E-state index in [9.17, 15) is 0 Å². The van der Waals surface area contributed by atoms with Crippen molar-refractivity contribution in [2.24, 2.45) is 0 Å². The average Bonchev–Trinajstić information content (AvgIpc) is 2.41. The predicted molar refractivity (Wildman–Crippen MR) is 87.1 cm³/mol. The van der Waals surface area contributed by atoms with Crippen molar-refractivity contribution < 1.29 is 9.84 Å². The zero-order valence-electron chi connectivity index (χ0n) is 13.2. The van der Waals surface area contributed by atoms with Crippen molar-refractivity contribution in [2.45, 2.75) is 40.5 Å². The Morgan fingerprint density at radius 3 is 2.25 bits per heavy atom.